The van der Waals surface area contributed by atoms with Crippen LogP contribution in [0.5, 0.6) is 0 Å². The van der Waals surface area contributed by atoms with Crippen molar-refractivity contribution in [3.05, 3.63) is 24.1 Å². The van der Waals surface area contributed by atoms with Gasteiger partial charge in [0, 0.05) is 17.5 Å². The van der Waals surface area contributed by atoms with Crippen LogP contribution in [0.15, 0.2) is 24.1 Å². The zero-order valence-electron chi connectivity index (χ0n) is 11.3. The summed E-state index contributed by atoms with van der Waals surface area (Å²) in [6.45, 7) is 7.41. The number of nitrogens with two attached hydrogens (primary N) is 1. The van der Waals surface area contributed by atoms with Gasteiger partial charge in [-0.05, 0) is 25.2 Å². The molecule has 4 atom stereocenters. The standard InChI is InChI=1S/C14H23NO3/c1-5-10(15)6-11(9(3)18-4)13-8(2)14(13)12(17)7-16/h5,8,11,13-14,16H,3,6-7,15H2,1-2,4H3/b10-5-/t8?,11-,13?,14?/m0/s1. The highest BCUT2D eigenvalue weighted by Crippen LogP contribution is 2.54. The summed E-state index contributed by atoms with van der Waals surface area (Å²) >= 11 is 0. The fourth-order valence-electron chi connectivity index (χ4n) is 2.71. The van der Waals surface area contributed by atoms with E-state index in [1.165, 1.54) is 0 Å². The molecule has 102 valence electrons. The van der Waals surface area contributed by atoms with E-state index in [1.807, 2.05) is 19.9 Å². The maximum atomic E-state index is 11.6. The Bertz CT molecular complexity index is 362. The van der Waals surface area contributed by atoms with Crippen molar-refractivity contribution < 1.29 is 14.6 Å². The van der Waals surface area contributed by atoms with Crippen molar-refractivity contribution in [3.63, 3.8) is 0 Å². The number of ketones is 1. The van der Waals surface area contributed by atoms with Crippen molar-refractivity contribution >= 4 is 5.78 Å². The minimum Gasteiger partial charge on any atom is -0.501 e. The average molecular weight is 253 g/mol. The van der Waals surface area contributed by atoms with E-state index < -0.39 is 6.61 Å². The van der Waals surface area contributed by atoms with E-state index in [-0.39, 0.29) is 29.5 Å². The highest BCUT2D eigenvalue weighted by molar-refractivity contribution is 5.85. The van der Waals surface area contributed by atoms with Crippen molar-refractivity contribution in [2.75, 3.05) is 13.7 Å². The first-order valence-corrected chi connectivity index (χ1v) is 6.24. The Morgan fingerprint density at radius 1 is 1.61 bits per heavy atom. The minimum atomic E-state index is -0.392. The van der Waals surface area contributed by atoms with Gasteiger partial charge in [-0.1, -0.05) is 19.6 Å². The van der Waals surface area contributed by atoms with E-state index in [0.717, 1.165) is 5.70 Å². The lowest BCUT2D eigenvalue weighted by molar-refractivity contribution is -0.123. The lowest BCUT2D eigenvalue weighted by Gasteiger charge is -2.19. The van der Waals surface area contributed by atoms with Gasteiger partial charge < -0.3 is 15.6 Å². The number of carbonyl (C=O) groups is 1. The molecule has 0 aliphatic heterocycles. The second kappa shape index (κ2) is 6.05. The van der Waals surface area contributed by atoms with Gasteiger partial charge in [-0.25, -0.2) is 0 Å². The molecule has 0 aromatic carbocycles. The first-order chi connectivity index (χ1) is 8.47. The average Bonchev–Trinajstić information content (AvgIpc) is 3.04. The summed E-state index contributed by atoms with van der Waals surface area (Å²) in [5.74, 6) is 0.949. The van der Waals surface area contributed by atoms with Gasteiger partial charge in [-0.2, -0.15) is 0 Å². The highest BCUT2D eigenvalue weighted by atomic mass is 16.5. The van der Waals surface area contributed by atoms with E-state index in [9.17, 15) is 4.79 Å². The zero-order valence-corrected chi connectivity index (χ0v) is 11.3. The van der Waals surface area contributed by atoms with Crippen molar-refractivity contribution in [1.82, 2.24) is 0 Å². The maximum Gasteiger partial charge on any atom is 0.161 e. The molecule has 3 unspecified atom stereocenters. The first kappa shape index (κ1) is 14.8. The fraction of sp³-hybridized carbons (Fsp3) is 0.643. The van der Waals surface area contributed by atoms with Crippen LogP contribution in [0.2, 0.25) is 0 Å². The third-order valence-electron chi connectivity index (χ3n) is 3.94. The Labute approximate surface area is 109 Å². The summed E-state index contributed by atoms with van der Waals surface area (Å²) in [7, 11) is 1.58. The number of hydrogen-bond acceptors (Lipinski definition) is 4. The Balaban J connectivity index is 2.80. The summed E-state index contributed by atoms with van der Waals surface area (Å²) in [5, 5.41) is 8.95. The molecule has 0 radical (unpaired) electrons. The Morgan fingerprint density at radius 2 is 2.22 bits per heavy atom. The molecule has 4 nitrogen and oxygen atoms in total. The normalized spacial score (nSPS) is 28.7. The van der Waals surface area contributed by atoms with Crippen LogP contribution in [0.4, 0.5) is 0 Å². The molecule has 1 rings (SSSR count). The van der Waals surface area contributed by atoms with E-state index in [0.29, 0.717) is 12.2 Å². The summed E-state index contributed by atoms with van der Waals surface area (Å²) < 4.78 is 5.22. The number of hydrogen-bond donors (Lipinski definition) is 2. The smallest absolute Gasteiger partial charge is 0.161 e. The predicted molar refractivity (Wildman–Crippen MR) is 70.4 cm³/mol. The molecule has 0 saturated heterocycles. The molecule has 0 aromatic rings. The first-order valence-electron chi connectivity index (χ1n) is 6.24. The number of rotatable bonds is 7. The van der Waals surface area contributed by atoms with Gasteiger partial charge in [0.2, 0.25) is 0 Å². The second-order valence-electron chi connectivity index (χ2n) is 4.93. The van der Waals surface area contributed by atoms with Gasteiger partial charge in [0.15, 0.2) is 5.78 Å². The van der Waals surface area contributed by atoms with Crippen LogP contribution in [0.1, 0.15) is 20.3 Å². The van der Waals surface area contributed by atoms with Crippen LogP contribution < -0.4 is 5.73 Å². The number of Topliss-reactive ketones (excluding diaryl/α,β-unsaturated/α-hetero) is 1. The third-order valence-corrected chi connectivity index (χ3v) is 3.94. The molecule has 0 spiro atoms. The molecule has 0 heterocycles. The molecule has 1 saturated carbocycles. The molecule has 0 bridgehead atoms. The molecule has 18 heavy (non-hydrogen) atoms. The summed E-state index contributed by atoms with van der Waals surface area (Å²) in [5.41, 5.74) is 6.63. The third kappa shape index (κ3) is 2.93. The Kier molecular flexibility index (Phi) is 4.96. The topological polar surface area (TPSA) is 72.5 Å². The molecule has 1 aliphatic carbocycles. The molecule has 1 fully saturated rings. The van der Waals surface area contributed by atoms with E-state index in [4.69, 9.17) is 15.6 Å². The number of aliphatic hydroxyl groups is 1. The minimum absolute atomic E-state index is 0.0432. The second-order valence-corrected chi connectivity index (χ2v) is 4.93. The summed E-state index contributed by atoms with van der Waals surface area (Å²) in [4.78, 5) is 11.6. The van der Waals surface area contributed by atoms with Gasteiger partial charge in [-0.15, -0.1) is 0 Å². The maximum absolute atomic E-state index is 11.6. The van der Waals surface area contributed by atoms with Gasteiger partial charge in [-0.3, -0.25) is 4.79 Å². The molecule has 0 amide bonds. The van der Waals surface area contributed by atoms with Crippen molar-refractivity contribution in [2.45, 2.75) is 20.3 Å². The van der Waals surface area contributed by atoms with E-state index >= 15 is 0 Å². The van der Waals surface area contributed by atoms with Crippen LogP contribution in [-0.4, -0.2) is 24.6 Å². The SMILES string of the molecule is C=C(OC)[C@H](C/C(N)=C/C)C1C(C)C1C(=O)CO. The predicted octanol–water partition coefficient (Wildman–Crippen LogP) is 1.46. The van der Waals surface area contributed by atoms with E-state index in [2.05, 4.69) is 6.58 Å². The monoisotopic (exact) mass is 253 g/mol. The summed E-state index contributed by atoms with van der Waals surface area (Å²) in [6.07, 6.45) is 2.50. The van der Waals surface area contributed by atoms with Crippen LogP contribution >= 0.6 is 0 Å². The summed E-state index contributed by atoms with van der Waals surface area (Å²) in [6, 6.07) is 0. The number of methoxy groups -OCH3 is 1. The van der Waals surface area contributed by atoms with Gasteiger partial charge in [0.05, 0.1) is 12.9 Å². The zero-order chi connectivity index (χ0) is 13.9. The van der Waals surface area contributed by atoms with Crippen molar-refractivity contribution in [2.24, 2.45) is 29.4 Å². The number of allylic oxidation sites excluding steroid dienone is 3. The Morgan fingerprint density at radius 3 is 2.67 bits per heavy atom. The lowest BCUT2D eigenvalue weighted by Crippen LogP contribution is -2.16. The van der Waals surface area contributed by atoms with Crippen LogP contribution in [-0.2, 0) is 9.53 Å². The highest BCUT2D eigenvalue weighted by Gasteiger charge is 2.55. The van der Waals surface area contributed by atoms with Gasteiger partial charge in [0.25, 0.3) is 0 Å². The lowest BCUT2D eigenvalue weighted by atomic mass is 9.93. The van der Waals surface area contributed by atoms with Gasteiger partial charge in [0.1, 0.15) is 6.61 Å². The molecule has 1 aliphatic rings. The van der Waals surface area contributed by atoms with Crippen LogP contribution in [0, 0.1) is 23.7 Å². The molecule has 4 heteroatoms. The Hall–Kier alpha value is -1.29. The van der Waals surface area contributed by atoms with Gasteiger partial charge >= 0.3 is 0 Å². The largest absolute Gasteiger partial charge is 0.501 e. The molecule has 3 N–H and O–H groups in total. The molecular formula is C14H23NO3. The number of aliphatic hydroxyl groups excluding tert-OH is 1. The molecule has 0 aromatic heterocycles. The quantitative estimate of drug-likeness (QED) is 0.674. The number of carbonyl (C=O) groups excluding carboxylic acids is 1. The fourth-order valence-corrected chi connectivity index (χ4v) is 2.71. The van der Waals surface area contributed by atoms with Crippen LogP contribution in [0.25, 0.3) is 0 Å². The van der Waals surface area contributed by atoms with Crippen molar-refractivity contribution in [3.8, 4) is 0 Å². The van der Waals surface area contributed by atoms with Crippen molar-refractivity contribution in [1.29, 1.82) is 0 Å². The van der Waals surface area contributed by atoms with E-state index in [1.54, 1.807) is 7.11 Å². The number of ether oxygens (including phenoxy) is 1. The van der Waals surface area contributed by atoms with Crippen LogP contribution in [0.3, 0.4) is 0 Å². The molecular weight excluding hydrogens is 230 g/mol.